The molecule has 0 aromatic heterocycles. The predicted molar refractivity (Wildman–Crippen MR) is 103 cm³/mol. The summed E-state index contributed by atoms with van der Waals surface area (Å²) in [6.45, 7) is 6.13. The van der Waals surface area contributed by atoms with Gasteiger partial charge >= 0.3 is 5.97 Å². The number of aliphatic hydroxyl groups excluding tert-OH is 1. The van der Waals surface area contributed by atoms with E-state index in [-0.39, 0.29) is 29.2 Å². The van der Waals surface area contributed by atoms with Gasteiger partial charge in [-0.3, -0.25) is 9.59 Å². The molecule has 4 fully saturated rings. The number of carbonyl (C=O) groups excluding carboxylic acids is 2. The zero-order valence-electron chi connectivity index (χ0n) is 17.2. The van der Waals surface area contributed by atoms with Crippen LogP contribution in [0.4, 0.5) is 0 Å². The van der Waals surface area contributed by atoms with Crippen molar-refractivity contribution in [3.8, 4) is 0 Å². The van der Waals surface area contributed by atoms with E-state index in [4.69, 9.17) is 4.74 Å². The van der Waals surface area contributed by atoms with E-state index in [0.29, 0.717) is 35.7 Å². The Labute approximate surface area is 163 Å². The van der Waals surface area contributed by atoms with Crippen molar-refractivity contribution in [2.24, 2.45) is 40.4 Å². The van der Waals surface area contributed by atoms with Crippen molar-refractivity contribution in [3.63, 3.8) is 0 Å². The molecule has 0 aromatic carbocycles. The molecule has 0 radical (unpaired) electrons. The molecule has 4 nitrogen and oxygen atoms in total. The van der Waals surface area contributed by atoms with Crippen LogP contribution in [0.15, 0.2) is 0 Å². The average Bonchev–Trinajstić information content (AvgIpc) is 3.00. The van der Waals surface area contributed by atoms with Crippen molar-refractivity contribution < 1.29 is 19.4 Å². The number of carbonyl (C=O) groups is 2. The minimum absolute atomic E-state index is 0.0570. The van der Waals surface area contributed by atoms with E-state index in [1.807, 2.05) is 0 Å². The van der Waals surface area contributed by atoms with Gasteiger partial charge in [0.05, 0.1) is 12.7 Å². The number of ether oxygens (including phenoxy) is 1. The van der Waals surface area contributed by atoms with Gasteiger partial charge in [-0.1, -0.05) is 6.92 Å². The van der Waals surface area contributed by atoms with Crippen LogP contribution in [0, 0.1) is 40.4 Å². The van der Waals surface area contributed by atoms with Gasteiger partial charge in [-0.05, 0) is 93.8 Å². The first-order valence-corrected chi connectivity index (χ1v) is 11.1. The Morgan fingerprint density at radius 3 is 2.48 bits per heavy atom. The number of aliphatic hydroxyl groups is 1. The van der Waals surface area contributed by atoms with Gasteiger partial charge in [0.25, 0.3) is 0 Å². The Morgan fingerprint density at radius 1 is 1.00 bits per heavy atom. The van der Waals surface area contributed by atoms with Crippen molar-refractivity contribution >= 4 is 11.8 Å². The first kappa shape index (κ1) is 19.4. The standard InChI is InChI=1S/C23H36O4/c1-14(24)19-6-7-21-18-5-4-16-12-17(26)8-10-22(16,3)20(18)9-11-23(19,21)13-27-15(2)25/h16-21,26H,4-13H2,1-3H3/t16-,17-,18+,19+,20-,21-,22-,23-/m0/s1. The third-order valence-corrected chi connectivity index (χ3v) is 9.39. The molecular weight excluding hydrogens is 340 g/mol. The van der Waals surface area contributed by atoms with E-state index in [0.717, 1.165) is 44.9 Å². The van der Waals surface area contributed by atoms with Crippen molar-refractivity contribution in [2.45, 2.75) is 84.7 Å². The van der Waals surface area contributed by atoms with Gasteiger partial charge < -0.3 is 9.84 Å². The summed E-state index contributed by atoms with van der Waals surface area (Å²) in [5.41, 5.74) is 0.208. The predicted octanol–water partition coefficient (Wildman–Crippen LogP) is 4.14. The largest absolute Gasteiger partial charge is 0.465 e. The van der Waals surface area contributed by atoms with E-state index in [9.17, 15) is 14.7 Å². The number of hydrogen-bond donors (Lipinski definition) is 1. The van der Waals surface area contributed by atoms with E-state index < -0.39 is 0 Å². The number of fused-ring (bicyclic) bond motifs is 5. The minimum Gasteiger partial charge on any atom is -0.465 e. The molecule has 8 atom stereocenters. The van der Waals surface area contributed by atoms with Crippen LogP contribution in [0.2, 0.25) is 0 Å². The smallest absolute Gasteiger partial charge is 0.302 e. The van der Waals surface area contributed by atoms with Gasteiger partial charge in [-0.15, -0.1) is 0 Å². The fourth-order valence-corrected chi connectivity index (χ4v) is 8.17. The van der Waals surface area contributed by atoms with Crippen molar-refractivity contribution in [2.75, 3.05) is 6.61 Å². The maximum absolute atomic E-state index is 12.5. The molecule has 4 saturated carbocycles. The molecule has 4 aliphatic carbocycles. The number of rotatable bonds is 3. The molecule has 152 valence electrons. The lowest BCUT2D eigenvalue weighted by Crippen LogP contribution is -2.56. The maximum atomic E-state index is 12.5. The third-order valence-electron chi connectivity index (χ3n) is 9.39. The second-order valence-electron chi connectivity index (χ2n) is 10.4. The molecular formula is C23H36O4. The monoisotopic (exact) mass is 376 g/mol. The fraction of sp³-hybridized carbons (Fsp3) is 0.913. The van der Waals surface area contributed by atoms with E-state index in [2.05, 4.69) is 6.92 Å². The number of esters is 1. The maximum Gasteiger partial charge on any atom is 0.302 e. The Bertz CT molecular complexity index is 615. The first-order valence-electron chi connectivity index (χ1n) is 11.1. The molecule has 0 unspecified atom stereocenters. The summed E-state index contributed by atoms with van der Waals surface area (Å²) in [4.78, 5) is 24.0. The molecule has 4 rings (SSSR count). The molecule has 27 heavy (non-hydrogen) atoms. The third kappa shape index (κ3) is 2.97. The van der Waals surface area contributed by atoms with Crippen LogP contribution < -0.4 is 0 Å². The summed E-state index contributed by atoms with van der Waals surface area (Å²) in [6, 6.07) is 0. The summed E-state index contributed by atoms with van der Waals surface area (Å²) in [5, 5.41) is 10.2. The van der Waals surface area contributed by atoms with Gasteiger partial charge in [-0.25, -0.2) is 0 Å². The Hall–Kier alpha value is -0.900. The lowest BCUT2D eigenvalue weighted by Gasteiger charge is -2.61. The summed E-state index contributed by atoms with van der Waals surface area (Å²) < 4.78 is 5.57. The number of hydrogen-bond acceptors (Lipinski definition) is 4. The zero-order chi connectivity index (χ0) is 19.4. The molecule has 0 amide bonds. The Morgan fingerprint density at radius 2 is 1.78 bits per heavy atom. The van der Waals surface area contributed by atoms with Gasteiger partial charge in [0.1, 0.15) is 5.78 Å². The highest BCUT2D eigenvalue weighted by Crippen LogP contribution is 2.67. The average molecular weight is 377 g/mol. The molecule has 0 bridgehead atoms. The van der Waals surface area contributed by atoms with Crippen LogP contribution in [-0.4, -0.2) is 29.6 Å². The Balaban J connectivity index is 1.63. The van der Waals surface area contributed by atoms with Crippen LogP contribution in [0.1, 0.15) is 78.6 Å². The summed E-state index contributed by atoms with van der Waals surface area (Å²) >= 11 is 0. The van der Waals surface area contributed by atoms with Crippen LogP contribution in [0.3, 0.4) is 0 Å². The number of ketones is 1. The second-order valence-corrected chi connectivity index (χ2v) is 10.4. The van der Waals surface area contributed by atoms with Gasteiger partial charge in [0, 0.05) is 18.3 Å². The van der Waals surface area contributed by atoms with Crippen molar-refractivity contribution in [1.29, 1.82) is 0 Å². The van der Waals surface area contributed by atoms with Crippen LogP contribution >= 0.6 is 0 Å². The molecule has 0 aliphatic heterocycles. The lowest BCUT2D eigenvalue weighted by molar-refractivity contribution is -0.164. The number of Topliss-reactive ketones (excluding diaryl/α,β-unsaturated/α-hetero) is 1. The van der Waals surface area contributed by atoms with Crippen molar-refractivity contribution in [1.82, 2.24) is 0 Å². The van der Waals surface area contributed by atoms with Gasteiger partial charge in [-0.2, -0.15) is 0 Å². The molecule has 4 aliphatic rings. The highest BCUT2D eigenvalue weighted by atomic mass is 16.5. The fourth-order valence-electron chi connectivity index (χ4n) is 8.17. The topological polar surface area (TPSA) is 63.6 Å². The molecule has 0 heterocycles. The van der Waals surface area contributed by atoms with E-state index in [1.54, 1.807) is 6.92 Å². The normalized spacial score (nSPS) is 48.9. The molecule has 0 spiro atoms. The molecule has 1 N–H and O–H groups in total. The summed E-state index contributed by atoms with van der Waals surface area (Å²) in [6.07, 6.45) is 9.60. The van der Waals surface area contributed by atoms with E-state index >= 15 is 0 Å². The van der Waals surface area contributed by atoms with E-state index in [1.165, 1.54) is 19.8 Å². The second kappa shape index (κ2) is 6.86. The quantitative estimate of drug-likeness (QED) is 0.752. The highest BCUT2D eigenvalue weighted by Gasteiger charge is 2.62. The zero-order valence-corrected chi connectivity index (χ0v) is 17.2. The van der Waals surface area contributed by atoms with Crippen LogP contribution in [0.5, 0.6) is 0 Å². The summed E-state index contributed by atoms with van der Waals surface area (Å²) in [5.74, 6) is 2.62. The highest BCUT2D eigenvalue weighted by molar-refractivity contribution is 5.79. The summed E-state index contributed by atoms with van der Waals surface area (Å²) in [7, 11) is 0. The minimum atomic E-state index is -0.226. The van der Waals surface area contributed by atoms with Crippen LogP contribution in [-0.2, 0) is 14.3 Å². The van der Waals surface area contributed by atoms with Gasteiger partial charge in [0.2, 0.25) is 0 Å². The molecule has 4 heteroatoms. The Kier molecular flexibility index (Phi) is 4.93. The lowest BCUT2D eigenvalue weighted by atomic mass is 9.44. The first-order chi connectivity index (χ1) is 12.8. The van der Waals surface area contributed by atoms with Crippen LogP contribution in [0.25, 0.3) is 0 Å². The molecule has 0 aromatic rings. The van der Waals surface area contributed by atoms with Gasteiger partial charge in [0.15, 0.2) is 0 Å². The SMILES string of the molecule is CC(=O)OC[C@]12CC[C@H]3[C@@H](CC[C@H]4C[C@@H](O)CC[C@@]43C)[C@@H]1CC[C@@H]2C(C)=O. The molecule has 0 saturated heterocycles. The van der Waals surface area contributed by atoms with Crippen molar-refractivity contribution in [3.05, 3.63) is 0 Å².